The number of aromatic nitrogens is 1. The van der Waals surface area contributed by atoms with Gasteiger partial charge in [0.25, 0.3) is 0 Å². The van der Waals surface area contributed by atoms with Crippen molar-refractivity contribution in [2.75, 3.05) is 33.9 Å². The van der Waals surface area contributed by atoms with Crippen molar-refractivity contribution in [3.8, 4) is 17.2 Å². The summed E-state index contributed by atoms with van der Waals surface area (Å²) in [6.07, 6.45) is 5.59. The molecule has 0 aliphatic carbocycles. The molecule has 0 bridgehead atoms. The lowest BCUT2D eigenvalue weighted by Gasteiger charge is -2.30. The second-order valence-corrected chi connectivity index (χ2v) is 5.77. The maximum atomic E-state index is 10.5. The van der Waals surface area contributed by atoms with E-state index in [1.807, 2.05) is 24.5 Å². The van der Waals surface area contributed by atoms with Gasteiger partial charge < -0.3 is 14.2 Å². The first-order valence-corrected chi connectivity index (χ1v) is 8.00. The van der Waals surface area contributed by atoms with E-state index in [9.17, 15) is 4.79 Å². The van der Waals surface area contributed by atoms with E-state index < -0.39 is 0 Å². The maximum Gasteiger partial charge on any atom is 0.213 e. The van der Waals surface area contributed by atoms with Crippen molar-refractivity contribution in [2.24, 2.45) is 0 Å². The van der Waals surface area contributed by atoms with E-state index in [2.05, 4.69) is 9.88 Å². The average Bonchev–Trinajstić information content (AvgIpc) is 2.62. The molecule has 1 aliphatic rings. The Hall–Kier alpha value is -2.34. The smallest absolute Gasteiger partial charge is 0.213 e. The van der Waals surface area contributed by atoms with E-state index in [1.54, 1.807) is 20.4 Å². The summed E-state index contributed by atoms with van der Waals surface area (Å²) in [5.41, 5.74) is 0.804. The predicted octanol–water partition coefficient (Wildman–Crippen LogP) is 2.20. The molecule has 1 radical (unpaired) electrons. The van der Waals surface area contributed by atoms with Crippen molar-refractivity contribution < 1.29 is 19.0 Å². The van der Waals surface area contributed by atoms with Crippen molar-refractivity contribution >= 4 is 17.2 Å². The van der Waals surface area contributed by atoms with Gasteiger partial charge in [-0.3, -0.25) is 14.7 Å². The average molecular weight is 329 g/mol. The molecule has 0 amide bonds. The number of likely N-dealkylation sites (tertiary alicyclic amines) is 1. The van der Waals surface area contributed by atoms with Crippen LogP contribution in [0.5, 0.6) is 17.2 Å². The fourth-order valence-electron chi connectivity index (χ4n) is 3.01. The van der Waals surface area contributed by atoms with Gasteiger partial charge in [0.15, 0.2) is 11.5 Å². The highest BCUT2D eigenvalue weighted by atomic mass is 16.5. The Bertz CT molecular complexity index is 711. The van der Waals surface area contributed by atoms with Crippen LogP contribution < -0.4 is 14.2 Å². The number of ether oxygens (including phenoxy) is 3. The Labute approximate surface area is 141 Å². The molecule has 1 aliphatic heterocycles. The van der Waals surface area contributed by atoms with Gasteiger partial charge in [-0.1, -0.05) is 0 Å². The molecule has 1 fully saturated rings. The first-order valence-electron chi connectivity index (χ1n) is 8.00. The third kappa shape index (κ3) is 3.43. The van der Waals surface area contributed by atoms with Crippen molar-refractivity contribution in [2.45, 2.75) is 18.9 Å². The lowest BCUT2D eigenvalue weighted by molar-refractivity contribution is 0.110. The SMILES string of the molecule is COc1cc2nccc(OC3CCN(C[C]=O)CC3)c2cc1OC. The molecular formula is C18H21N2O4. The van der Waals surface area contributed by atoms with E-state index in [0.717, 1.165) is 42.6 Å². The topological polar surface area (TPSA) is 60.9 Å². The highest BCUT2D eigenvalue weighted by molar-refractivity contribution is 5.88. The molecule has 0 unspecified atom stereocenters. The van der Waals surface area contributed by atoms with Gasteiger partial charge >= 0.3 is 0 Å². The summed E-state index contributed by atoms with van der Waals surface area (Å²) >= 11 is 0. The van der Waals surface area contributed by atoms with Gasteiger partial charge in [-0.2, -0.15) is 0 Å². The highest BCUT2D eigenvalue weighted by Gasteiger charge is 2.21. The van der Waals surface area contributed by atoms with E-state index in [0.29, 0.717) is 18.0 Å². The number of nitrogens with zero attached hydrogens (tertiary/aromatic N) is 2. The molecule has 2 aromatic rings. The fraction of sp³-hybridized carbons (Fsp3) is 0.444. The van der Waals surface area contributed by atoms with Crippen LogP contribution in [0.3, 0.4) is 0 Å². The van der Waals surface area contributed by atoms with E-state index in [4.69, 9.17) is 14.2 Å². The van der Waals surface area contributed by atoms with Crippen molar-refractivity contribution in [1.82, 2.24) is 9.88 Å². The zero-order valence-electron chi connectivity index (χ0n) is 13.9. The molecule has 2 heterocycles. The Balaban J connectivity index is 1.81. The Morgan fingerprint density at radius 2 is 1.88 bits per heavy atom. The van der Waals surface area contributed by atoms with Crippen LogP contribution in [0, 0.1) is 0 Å². The lowest BCUT2D eigenvalue weighted by Crippen LogP contribution is -2.39. The number of fused-ring (bicyclic) bond motifs is 1. The zero-order chi connectivity index (χ0) is 16.9. The van der Waals surface area contributed by atoms with E-state index >= 15 is 0 Å². The van der Waals surface area contributed by atoms with Gasteiger partial charge in [0.2, 0.25) is 6.29 Å². The Morgan fingerprint density at radius 1 is 1.17 bits per heavy atom. The van der Waals surface area contributed by atoms with Crippen LogP contribution in [0.2, 0.25) is 0 Å². The number of piperidine rings is 1. The molecule has 0 saturated carbocycles. The standard InChI is InChI=1S/C18H21N2O4/c1-22-17-11-14-15(12-18(17)23-2)19-6-3-16(14)24-13-4-7-20(8-5-13)9-10-21/h3,6,11-13H,4-5,7-9H2,1-2H3. The van der Waals surface area contributed by atoms with Gasteiger partial charge in [0.05, 0.1) is 26.3 Å². The van der Waals surface area contributed by atoms with Crippen molar-refractivity contribution in [1.29, 1.82) is 0 Å². The van der Waals surface area contributed by atoms with E-state index in [-0.39, 0.29) is 6.10 Å². The summed E-state index contributed by atoms with van der Waals surface area (Å²) < 4.78 is 16.9. The molecule has 0 N–H and O–H groups in total. The Morgan fingerprint density at radius 3 is 2.54 bits per heavy atom. The summed E-state index contributed by atoms with van der Waals surface area (Å²) in [4.78, 5) is 17.0. The molecule has 6 heteroatoms. The molecule has 3 rings (SSSR count). The highest BCUT2D eigenvalue weighted by Crippen LogP contribution is 2.36. The molecule has 0 atom stereocenters. The van der Waals surface area contributed by atoms with Crippen LogP contribution in [-0.4, -0.2) is 56.1 Å². The van der Waals surface area contributed by atoms with Crippen LogP contribution in [0.1, 0.15) is 12.8 Å². The summed E-state index contributed by atoms with van der Waals surface area (Å²) in [5.74, 6) is 2.09. The number of rotatable bonds is 6. The number of hydrogen-bond donors (Lipinski definition) is 0. The van der Waals surface area contributed by atoms with Gasteiger partial charge in [-0.15, -0.1) is 0 Å². The summed E-state index contributed by atoms with van der Waals surface area (Å²) in [7, 11) is 3.22. The molecule has 6 nitrogen and oxygen atoms in total. The second kappa shape index (κ2) is 7.49. The molecule has 1 saturated heterocycles. The van der Waals surface area contributed by atoms with Crippen LogP contribution >= 0.6 is 0 Å². The molecule has 0 spiro atoms. The zero-order valence-corrected chi connectivity index (χ0v) is 13.9. The second-order valence-electron chi connectivity index (χ2n) is 5.77. The number of hydrogen-bond acceptors (Lipinski definition) is 6. The Kier molecular flexibility index (Phi) is 5.15. The van der Waals surface area contributed by atoms with Crippen LogP contribution in [0.15, 0.2) is 24.4 Å². The number of carbonyl (C=O) groups excluding carboxylic acids is 1. The molecular weight excluding hydrogens is 308 g/mol. The van der Waals surface area contributed by atoms with Gasteiger partial charge in [-0.05, 0) is 25.0 Å². The first-order chi connectivity index (χ1) is 11.7. The van der Waals surface area contributed by atoms with Gasteiger partial charge in [-0.25, -0.2) is 0 Å². The van der Waals surface area contributed by atoms with Crippen molar-refractivity contribution in [3.63, 3.8) is 0 Å². The minimum atomic E-state index is 0.131. The molecule has 1 aromatic carbocycles. The molecule has 127 valence electrons. The fourth-order valence-corrected chi connectivity index (χ4v) is 3.01. The normalized spacial score (nSPS) is 16.1. The van der Waals surface area contributed by atoms with Crippen LogP contribution in [-0.2, 0) is 4.79 Å². The minimum Gasteiger partial charge on any atom is -0.493 e. The largest absolute Gasteiger partial charge is 0.493 e. The quantitative estimate of drug-likeness (QED) is 0.810. The third-order valence-electron chi connectivity index (χ3n) is 4.32. The summed E-state index contributed by atoms with van der Waals surface area (Å²) in [5, 5.41) is 0.902. The summed E-state index contributed by atoms with van der Waals surface area (Å²) in [6, 6.07) is 5.62. The summed E-state index contributed by atoms with van der Waals surface area (Å²) in [6.45, 7) is 2.07. The predicted molar refractivity (Wildman–Crippen MR) is 90.6 cm³/mol. The molecule has 1 aromatic heterocycles. The number of benzene rings is 1. The molecule has 24 heavy (non-hydrogen) atoms. The third-order valence-corrected chi connectivity index (χ3v) is 4.32. The number of pyridine rings is 1. The lowest BCUT2D eigenvalue weighted by atomic mass is 10.1. The number of methoxy groups -OCH3 is 2. The van der Waals surface area contributed by atoms with Crippen LogP contribution in [0.25, 0.3) is 10.9 Å². The van der Waals surface area contributed by atoms with Gasteiger partial charge in [0.1, 0.15) is 11.9 Å². The monoisotopic (exact) mass is 329 g/mol. The maximum absolute atomic E-state index is 10.5. The minimum absolute atomic E-state index is 0.131. The van der Waals surface area contributed by atoms with Crippen LogP contribution in [0.4, 0.5) is 0 Å². The van der Waals surface area contributed by atoms with E-state index in [1.165, 1.54) is 0 Å². The van der Waals surface area contributed by atoms with Crippen molar-refractivity contribution in [3.05, 3.63) is 24.4 Å². The van der Waals surface area contributed by atoms with Gasteiger partial charge in [0, 0.05) is 30.7 Å². The first kappa shape index (κ1) is 16.5.